The number of carbonyl (C=O) groups excluding carboxylic acids is 2. The molecule has 19 heavy (non-hydrogen) atoms. The van der Waals surface area contributed by atoms with Crippen LogP contribution in [0.1, 0.15) is 0 Å². The van der Waals surface area contributed by atoms with Gasteiger partial charge in [-0.25, -0.2) is 4.57 Å². The summed E-state index contributed by atoms with van der Waals surface area (Å²) in [6.45, 7) is -2.02. The highest BCUT2D eigenvalue weighted by molar-refractivity contribution is 7.47. The number of aliphatic hydroxyl groups excluding tert-OH is 2. The Hall–Kier alpha value is -1.03. The van der Waals surface area contributed by atoms with Crippen molar-refractivity contribution in [1.82, 2.24) is 0 Å². The summed E-state index contributed by atoms with van der Waals surface area (Å²) in [7, 11) is -4.48. The van der Waals surface area contributed by atoms with E-state index in [9.17, 15) is 14.2 Å². The van der Waals surface area contributed by atoms with Gasteiger partial charge in [0.25, 0.3) is 12.9 Å². The molecule has 0 spiro atoms. The van der Waals surface area contributed by atoms with Gasteiger partial charge >= 0.3 is 7.82 Å². The first-order valence-corrected chi connectivity index (χ1v) is 6.50. The summed E-state index contributed by atoms with van der Waals surface area (Å²) in [5, 5.41) is 17.4. The van der Waals surface area contributed by atoms with Crippen LogP contribution in [-0.4, -0.2) is 66.7 Å². The maximum atomic E-state index is 11.3. The Morgan fingerprint density at radius 1 is 1.11 bits per heavy atom. The monoisotopic (exact) mass is 302 g/mol. The predicted octanol–water partition coefficient (Wildman–Crippen LogP) is -1.81. The van der Waals surface area contributed by atoms with E-state index in [0.717, 1.165) is 0 Å². The van der Waals surface area contributed by atoms with Gasteiger partial charge in [-0.3, -0.25) is 18.6 Å². The van der Waals surface area contributed by atoms with E-state index in [1.165, 1.54) is 0 Å². The van der Waals surface area contributed by atoms with Crippen LogP contribution in [0.5, 0.6) is 0 Å². The predicted molar refractivity (Wildman–Crippen MR) is 57.8 cm³/mol. The topological polar surface area (TPSA) is 149 Å². The van der Waals surface area contributed by atoms with E-state index in [2.05, 4.69) is 18.5 Å². The second-order valence-corrected chi connectivity index (χ2v) is 4.63. The van der Waals surface area contributed by atoms with Crippen LogP contribution in [0.3, 0.4) is 0 Å². The fourth-order valence-electron chi connectivity index (χ4n) is 0.799. The van der Waals surface area contributed by atoms with E-state index in [0.29, 0.717) is 0 Å². The third kappa shape index (κ3) is 9.54. The molecule has 0 aromatic heterocycles. The van der Waals surface area contributed by atoms with Crippen molar-refractivity contribution in [3.8, 4) is 0 Å². The molecule has 0 rings (SSSR count). The molecule has 11 heteroatoms. The molecule has 0 aliphatic rings. The summed E-state index contributed by atoms with van der Waals surface area (Å²) in [4.78, 5) is 29.2. The van der Waals surface area contributed by atoms with E-state index in [1.807, 2.05) is 0 Å². The smallest absolute Gasteiger partial charge is 0.464 e. The number of hydrogen-bond acceptors (Lipinski definition) is 9. The minimum Gasteiger partial charge on any atom is -0.464 e. The van der Waals surface area contributed by atoms with Crippen molar-refractivity contribution in [3.05, 3.63) is 0 Å². The van der Waals surface area contributed by atoms with Gasteiger partial charge in [-0.05, 0) is 0 Å². The Morgan fingerprint density at radius 2 is 1.74 bits per heavy atom. The fourth-order valence-corrected chi connectivity index (χ4v) is 1.59. The van der Waals surface area contributed by atoms with Crippen LogP contribution in [0.15, 0.2) is 0 Å². The number of phosphoric acid groups is 1. The van der Waals surface area contributed by atoms with Gasteiger partial charge in [-0.1, -0.05) is 0 Å². The van der Waals surface area contributed by atoms with Crippen molar-refractivity contribution in [3.63, 3.8) is 0 Å². The normalized spacial score (nSPS) is 17.0. The maximum Gasteiger partial charge on any atom is 0.472 e. The van der Waals surface area contributed by atoms with Crippen molar-refractivity contribution in [2.24, 2.45) is 0 Å². The average molecular weight is 302 g/mol. The summed E-state index contributed by atoms with van der Waals surface area (Å²) < 4.78 is 28.8. The summed E-state index contributed by atoms with van der Waals surface area (Å²) in [6.07, 6.45) is -2.40. The molecule has 0 radical (unpaired) electrons. The molecule has 0 aliphatic carbocycles. The zero-order valence-electron chi connectivity index (χ0n) is 9.78. The zero-order valence-corrected chi connectivity index (χ0v) is 10.7. The number of hydrogen-bond donors (Lipinski definition) is 3. The van der Waals surface area contributed by atoms with Crippen molar-refractivity contribution in [1.29, 1.82) is 0 Å². The number of rotatable bonds is 12. The Bertz CT molecular complexity index is 308. The molecule has 0 aromatic rings. The van der Waals surface area contributed by atoms with Crippen molar-refractivity contribution in [2.45, 2.75) is 12.2 Å². The first-order valence-electron chi connectivity index (χ1n) is 5.00. The molecule has 0 amide bonds. The molecule has 0 saturated carbocycles. The molecule has 0 bridgehead atoms. The lowest BCUT2D eigenvalue weighted by molar-refractivity contribution is -0.144. The highest BCUT2D eigenvalue weighted by Gasteiger charge is 2.25. The van der Waals surface area contributed by atoms with Gasteiger partial charge in [0.15, 0.2) is 6.10 Å². The van der Waals surface area contributed by atoms with Crippen LogP contribution in [-0.2, 0) is 32.7 Å². The number of aliphatic hydroxyl groups is 2. The summed E-state index contributed by atoms with van der Waals surface area (Å²) in [6, 6.07) is 0. The van der Waals surface area contributed by atoms with Crippen LogP contribution in [0.25, 0.3) is 0 Å². The molecule has 112 valence electrons. The SMILES string of the molecule is O=COC[C@H](COP(=O)(O)OC[C@@H](O)CO)OC=O. The summed E-state index contributed by atoms with van der Waals surface area (Å²) >= 11 is 0. The largest absolute Gasteiger partial charge is 0.472 e. The Labute approximate surface area is 108 Å². The summed E-state index contributed by atoms with van der Waals surface area (Å²) in [5.41, 5.74) is 0. The Kier molecular flexibility index (Phi) is 9.31. The third-order valence-corrected chi connectivity index (χ3v) is 2.61. The van der Waals surface area contributed by atoms with E-state index >= 15 is 0 Å². The summed E-state index contributed by atoms with van der Waals surface area (Å²) in [5.74, 6) is 0. The van der Waals surface area contributed by atoms with Crippen molar-refractivity contribution >= 4 is 20.8 Å². The van der Waals surface area contributed by atoms with E-state index < -0.39 is 39.9 Å². The third-order valence-electron chi connectivity index (χ3n) is 1.66. The fraction of sp³-hybridized carbons (Fsp3) is 0.750. The number of ether oxygens (including phenoxy) is 2. The van der Waals surface area contributed by atoms with Crippen LogP contribution in [0, 0.1) is 0 Å². The molecular weight excluding hydrogens is 287 g/mol. The lowest BCUT2D eigenvalue weighted by atomic mass is 10.4. The van der Waals surface area contributed by atoms with Crippen molar-refractivity contribution in [2.75, 3.05) is 26.4 Å². The van der Waals surface area contributed by atoms with Gasteiger partial charge in [-0.2, -0.15) is 0 Å². The minimum absolute atomic E-state index is 0.0564. The average Bonchev–Trinajstić information content (AvgIpc) is 2.39. The molecular formula is C8H15O10P. The molecule has 0 aromatic carbocycles. The second-order valence-electron chi connectivity index (χ2n) is 3.18. The van der Waals surface area contributed by atoms with Gasteiger partial charge < -0.3 is 24.6 Å². The first kappa shape index (κ1) is 18.0. The van der Waals surface area contributed by atoms with Gasteiger partial charge in [0, 0.05) is 0 Å². The molecule has 10 nitrogen and oxygen atoms in total. The van der Waals surface area contributed by atoms with Crippen molar-refractivity contribution < 1.29 is 47.8 Å². The number of carbonyl (C=O) groups is 2. The first-order chi connectivity index (χ1) is 8.95. The zero-order chi connectivity index (χ0) is 14.7. The van der Waals surface area contributed by atoms with E-state index in [-0.39, 0.29) is 19.6 Å². The molecule has 0 heterocycles. The van der Waals surface area contributed by atoms with E-state index in [1.54, 1.807) is 0 Å². The lowest BCUT2D eigenvalue weighted by Crippen LogP contribution is -2.25. The van der Waals surface area contributed by atoms with Gasteiger partial charge in [0.05, 0.1) is 19.8 Å². The van der Waals surface area contributed by atoms with Crippen LogP contribution in [0.2, 0.25) is 0 Å². The van der Waals surface area contributed by atoms with Crippen LogP contribution in [0.4, 0.5) is 0 Å². The quantitative estimate of drug-likeness (QED) is 0.278. The maximum absolute atomic E-state index is 11.3. The molecule has 3 atom stereocenters. The molecule has 0 saturated heterocycles. The van der Waals surface area contributed by atoms with Crippen LogP contribution >= 0.6 is 7.82 Å². The highest BCUT2D eigenvalue weighted by atomic mass is 31.2. The Balaban J connectivity index is 4.12. The number of phosphoric ester groups is 1. The highest BCUT2D eigenvalue weighted by Crippen LogP contribution is 2.43. The molecule has 3 N–H and O–H groups in total. The van der Waals surface area contributed by atoms with Gasteiger partial charge in [-0.15, -0.1) is 0 Å². The van der Waals surface area contributed by atoms with E-state index in [4.69, 9.17) is 15.1 Å². The van der Waals surface area contributed by atoms with Gasteiger partial charge in [0.1, 0.15) is 12.7 Å². The Morgan fingerprint density at radius 3 is 2.26 bits per heavy atom. The van der Waals surface area contributed by atoms with Crippen LogP contribution < -0.4 is 0 Å². The minimum atomic E-state index is -4.48. The second kappa shape index (κ2) is 9.84. The van der Waals surface area contributed by atoms with Gasteiger partial charge in [0.2, 0.25) is 0 Å². The standard InChI is InChI=1S/C8H15O10P/c9-1-7(12)2-17-19(13,14)18-4-8(16-6-11)3-15-5-10/h5-9,12H,1-4H2,(H,13,14)/t7-,8+/m0/s1. The molecule has 1 unspecified atom stereocenters. The lowest BCUT2D eigenvalue weighted by Gasteiger charge is -2.17. The molecule has 0 aliphatic heterocycles. The molecule has 0 fully saturated rings.